The molecular weight excluding hydrogens is 334 g/mol. The fourth-order valence-electron chi connectivity index (χ4n) is 2.83. The van der Waals surface area contributed by atoms with Gasteiger partial charge in [-0.2, -0.15) is 0 Å². The molecule has 134 valence electrons. The molecule has 3 aromatic rings. The standard InChI is InChI=1S/C19H19N3O4/c23-17(11-14-12-18(24)21-22-19(14)25)20-9-8-15(16-7-4-10-26-16)13-5-2-1-3-6-13/h1-7,10,12,15H,8-9,11H2,(H,20,23)(H,21,24)(H,22,25). The topological polar surface area (TPSA) is 108 Å². The molecule has 2 heterocycles. The molecule has 0 saturated carbocycles. The molecule has 26 heavy (non-hydrogen) atoms. The third-order valence-corrected chi connectivity index (χ3v) is 4.09. The molecule has 0 bridgehead atoms. The zero-order valence-electron chi connectivity index (χ0n) is 14.0. The van der Waals surface area contributed by atoms with E-state index < -0.39 is 11.1 Å². The molecule has 2 aromatic heterocycles. The van der Waals surface area contributed by atoms with Crippen molar-refractivity contribution in [1.82, 2.24) is 15.5 Å². The second-order valence-corrected chi connectivity index (χ2v) is 5.91. The molecule has 1 aromatic carbocycles. The van der Waals surface area contributed by atoms with Crippen molar-refractivity contribution in [3.05, 3.63) is 92.4 Å². The Morgan fingerprint density at radius 2 is 1.88 bits per heavy atom. The number of H-pyrrole nitrogens is 2. The van der Waals surface area contributed by atoms with Crippen LogP contribution in [0.1, 0.15) is 29.2 Å². The minimum absolute atomic E-state index is 0.0227. The Balaban J connectivity index is 1.61. The molecule has 0 aliphatic rings. The van der Waals surface area contributed by atoms with E-state index in [1.165, 1.54) is 0 Å². The molecule has 1 atom stereocenters. The van der Waals surface area contributed by atoms with Gasteiger partial charge in [0.25, 0.3) is 11.1 Å². The summed E-state index contributed by atoms with van der Waals surface area (Å²) in [6, 6.07) is 14.8. The van der Waals surface area contributed by atoms with E-state index in [1.54, 1.807) is 6.26 Å². The highest BCUT2D eigenvalue weighted by atomic mass is 16.3. The Morgan fingerprint density at radius 3 is 2.62 bits per heavy atom. The lowest BCUT2D eigenvalue weighted by atomic mass is 9.93. The van der Waals surface area contributed by atoms with Crippen molar-refractivity contribution in [2.24, 2.45) is 0 Å². The highest BCUT2D eigenvalue weighted by Gasteiger charge is 2.17. The number of furan rings is 1. The first-order valence-corrected chi connectivity index (χ1v) is 8.29. The third-order valence-electron chi connectivity index (χ3n) is 4.09. The molecular formula is C19H19N3O4. The molecule has 0 radical (unpaired) electrons. The van der Waals surface area contributed by atoms with Gasteiger partial charge in [0.1, 0.15) is 5.76 Å². The summed E-state index contributed by atoms with van der Waals surface area (Å²) in [4.78, 5) is 34.9. The molecule has 7 heteroatoms. The summed E-state index contributed by atoms with van der Waals surface area (Å²) < 4.78 is 5.54. The lowest BCUT2D eigenvalue weighted by Crippen LogP contribution is -2.31. The molecule has 0 fully saturated rings. The van der Waals surface area contributed by atoms with E-state index in [9.17, 15) is 14.4 Å². The Morgan fingerprint density at radius 1 is 1.08 bits per heavy atom. The van der Waals surface area contributed by atoms with Gasteiger partial charge in [0, 0.05) is 24.1 Å². The zero-order chi connectivity index (χ0) is 18.4. The van der Waals surface area contributed by atoms with Gasteiger partial charge in [-0.15, -0.1) is 0 Å². The number of benzene rings is 1. The number of hydrogen-bond acceptors (Lipinski definition) is 4. The predicted octanol–water partition coefficient (Wildman–Crippen LogP) is 1.54. The van der Waals surface area contributed by atoms with Gasteiger partial charge in [-0.05, 0) is 24.1 Å². The largest absolute Gasteiger partial charge is 0.469 e. The lowest BCUT2D eigenvalue weighted by Gasteiger charge is -2.15. The quantitative estimate of drug-likeness (QED) is 0.599. The van der Waals surface area contributed by atoms with Gasteiger partial charge in [-0.1, -0.05) is 30.3 Å². The van der Waals surface area contributed by atoms with Crippen LogP contribution < -0.4 is 16.4 Å². The SMILES string of the molecule is O=C(Cc1cc(=O)[nH][nH]c1=O)NCCC(c1ccccc1)c1ccco1. The number of amides is 1. The number of rotatable bonds is 7. The third kappa shape index (κ3) is 4.38. The van der Waals surface area contributed by atoms with Crippen molar-refractivity contribution < 1.29 is 9.21 Å². The van der Waals surface area contributed by atoms with Crippen LogP contribution in [0.3, 0.4) is 0 Å². The van der Waals surface area contributed by atoms with Gasteiger partial charge >= 0.3 is 0 Å². The van der Waals surface area contributed by atoms with Crippen LogP contribution in [0.5, 0.6) is 0 Å². The molecule has 3 N–H and O–H groups in total. The number of aromatic nitrogens is 2. The van der Waals surface area contributed by atoms with E-state index >= 15 is 0 Å². The number of hydrogen-bond donors (Lipinski definition) is 3. The number of carbonyl (C=O) groups is 1. The van der Waals surface area contributed by atoms with Gasteiger partial charge in [0.2, 0.25) is 5.91 Å². The van der Waals surface area contributed by atoms with E-state index in [0.717, 1.165) is 17.4 Å². The number of carbonyl (C=O) groups excluding carboxylic acids is 1. The first kappa shape index (κ1) is 17.5. The Hall–Kier alpha value is -3.35. The summed E-state index contributed by atoms with van der Waals surface area (Å²) in [5, 5.41) is 7.17. The van der Waals surface area contributed by atoms with Crippen molar-refractivity contribution in [2.75, 3.05) is 6.54 Å². The van der Waals surface area contributed by atoms with Gasteiger partial charge in [-0.3, -0.25) is 24.6 Å². The molecule has 0 saturated heterocycles. The fourth-order valence-corrected chi connectivity index (χ4v) is 2.83. The highest BCUT2D eigenvalue weighted by Crippen LogP contribution is 2.27. The van der Waals surface area contributed by atoms with Crippen LogP contribution >= 0.6 is 0 Å². The monoisotopic (exact) mass is 353 g/mol. The first-order chi connectivity index (χ1) is 12.6. The number of nitrogens with one attached hydrogen (secondary N) is 3. The van der Waals surface area contributed by atoms with Gasteiger partial charge in [-0.25, -0.2) is 0 Å². The van der Waals surface area contributed by atoms with Crippen LogP contribution in [-0.4, -0.2) is 22.6 Å². The van der Waals surface area contributed by atoms with Crippen LogP contribution in [0.25, 0.3) is 0 Å². The van der Waals surface area contributed by atoms with Crippen molar-refractivity contribution in [3.63, 3.8) is 0 Å². The Labute approximate surface area is 149 Å². The lowest BCUT2D eigenvalue weighted by molar-refractivity contribution is -0.120. The van der Waals surface area contributed by atoms with Gasteiger partial charge < -0.3 is 9.73 Å². The normalized spacial score (nSPS) is 11.8. The fraction of sp³-hybridized carbons (Fsp3) is 0.211. The van der Waals surface area contributed by atoms with Crippen LogP contribution in [0.2, 0.25) is 0 Å². The van der Waals surface area contributed by atoms with Crippen LogP contribution in [-0.2, 0) is 11.2 Å². The smallest absolute Gasteiger partial charge is 0.266 e. The van der Waals surface area contributed by atoms with Crippen molar-refractivity contribution in [2.45, 2.75) is 18.8 Å². The summed E-state index contributed by atoms with van der Waals surface area (Å²) in [5.41, 5.74) is 0.312. The average Bonchev–Trinajstić information content (AvgIpc) is 3.17. The van der Waals surface area contributed by atoms with Gasteiger partial charge in [0.15, 0.2) is 0 Å². The molecule has 1 unspecified atom stereocenters. The molecule has 0 spiro atoms. The van der Waals surface area contributed by atoms with Crippen molar-refractivity contribution in [3.8, 4) is 0 Å². The maximum Gasteiger partial charge on any atom is 0.266 e. The minimum atomic E-state index is -0.475. The summed E-state index contributed by atoms with van der Waals surface area (Å²) in [6.07, 6.45) is 2.13. The summed E-state index contributed by atoms with van der Waals surface area (Å²) in [6.45, 7) is 0.417. The molecule has 3 rings (SSSR count). The molecule has 0 aliphatic heterocycles. The van der Waals surface area contributed by atoms with Crippen LogP contribution in [0, 0.1) is 0 Å². The molecule has 7 nitrogen and oxygen atoms in total. The Bertz CT molecular complexity index is 958. The van der Waals surface area contributed by atoms with Crippen LogP contribution in [0.15, 0.2) is 68.8 Å². The maximum absolute atomic E-state index is 12.1. The average molecular weight is 353 g/mol. The number of aromatic amines is 2. The van der Waals surface area contributed by atoms with Crippen molar-refractivity contribution >= 4 is 5.91 Å². The maximum atomic E-state index is 12.1. The van der Waals surface area contributed by atoms with Crippen LogP contribution in [0.4, 0.5) is 0 Å². The van der Waals surface area contributed by atoms with E-state index in [1.807, 2.05) is 42.5 Å². The highest BCUT2D eigenvalue weighted by molar-refractivity contribution is 5.78. The minimum Gasteiger partial charge on any atom is -0.469 e. The Kier molecular flexibility index (Phi) is 5.48. The van der Waals surface area contributed by atoms with E-state index in [4.69, 9.17) is 4.42 Å². The predicted molar refractivity (Wildman–Crippen MR) is 96.0 cm³/mol. The van der Waals surface area contributed by atoms with E-state index in [0.29, 0.717) is 13.0 Å². The van der Waals surface area contributed by atoms with Gasteiger partial charge in [0.05, 0.1) is 12.7 Å². The van der Waals surface area contributed by atoms with Crippen molar-refractivity contribution in [1.29, 1.82) is 0 Å². The molecule has 0 aliphatic carbocycles. The second-order valence-electron chi connectivity index (χ2n) is 5.91. The molecule has 1 amide bonds. The van der Waals surface area contributed by atoms with E-state index in [2.05, 4.69) is 15.5 Å². The second kappa shape index (κ2) is 8.15. The summed E-state index contributed by atoms with van der Waals surface area (Å²) in [7, 11) is 0. The zero-order valence-corrected chi connectivity index (χ0v) is 14.0. The summed E-state index contributed by atoms with van der Waals surface area (Å²) >= 11 is 0. The first-order valence-electron chi connectivity index (χ1n) is 8.29. The van der Waals surface area contributed by atoms with E-state index in [-0.39, 0.29) is 23.8 Å². The summed E-state index contributed by atoms with van der Waals surface area (Å²) in [5.74, 6) is 0.540.